The Hall–Kier alpha value is -2.96. The van der Waals surface area contributed by atoms with Crippen LogP contribution in [0.5, 0.6) is 0 Å². The van der Waals surface area contributed by atoms with Gasteiger partial charge in [-0.3, -0.25) is 9.59 Å². The van der Waals surface area contributed by atoms with Crippen LogP contribution in [0.2, 0.25) is 0 Å². The van der Waals surface area contributed by atoms with Gasteiger partial charge in [-0.05, 0) is 49.6 Å². The average Bonchev–Trinajstić information content (AvgIpc) is 2.73. The predicted octanol–water partition coefficient (Wildman–Crippen LogP) is 2.47. The SMILES string of the molecule is CCCNC(=O)c1ccc(NC(=O)C2CCN(c3ncccn3)CC2)cc1. The minimum absolute atomic E-state index is 0.0202. The summed E-state index contributed by atoms with van der Waals surface area (Å²) in [4.78, 5) is 35.1. The van der Waals surface area contributed by atoms with E-state index < -0.39 is 0 Å². The van der Waals surface area contributed by atoms with Gasteiger partial charge in [0.1, 0.15) is 0 Å². The quantitative estimate of drug-likeness (QED) is 0.819. The number of nitrogens with zero attached hydrogens (tertiary/aromatic N) is 3. The van der Waals surface area contributed by atoms with Crippen LogP contribution in [0.3, 0.4) is 0 Å². The number of hydrogen-bond donors (Lipinski definition) is 2. The molecule has 1 aliphatic heterocycles. The highest BCUT2D eigenvalue weighted by Gasteiger charge is 2.26. The minimum Gasteiger partial charge on any atom is -0.352 e. The molecule has 2 heterocycles. The zero-order chi connectivity index (χ0) is 19.1. The molecule has 0 atom stereocenters. The van der Waals surface area contributed by atoms with E-state index >= 15 is 0 Å². The predicted molar refractivity (Wildman–Crippen MR) is 105 cm³/mol. The largest absolute Gasteiger partial charge is 0.352 e. The van der Waals surface area contributed by atoms with Crippen molar-refractivity contribution in [3.05, 3.63) is 48.3 Å². The van der Waals surface area contributed by atoms with Crippen molar-refractivity contribution in [1.82, 2.24) is 15.3 Å². The number of piperidine rings is 1. The molecule has 1 aliphatic rings. The number of carbonyl (C=O) groups excluding carboxylic acids is 2. The van der Waals surface area contributed by atoms with Crippen LogP contribution in [0.1, 0.15) is 36.5 Å². The van der Waals surface area contributed by atoms with Crippen molar-refractivity contribution in [3.8, 4) is 0 Å². The van der Waals surface area contributed by atoms with Crippen LogP contribution in [0.4, 0.5) is 11.6 Å². The van der Waals surface area contributed by atoms with Crippen molar-refractivity contribution < 1.29 is 9.59 Å². The highest BCUT2D eigenvalue weighted by molar-refractivity contribution is 5.96. The van der Waals surface area contributed by atoms with Crippen molar-refractivity contribution in [3.63, 3.8) is 0 Å². The fraction of sp³-hybridized carbons (Fsp3) is 0.400. The van der Waals surface area contributed by atoms with Gasteiger partial charge in [0.05, 0.1) is 0 Å². The third-order valence-electron chi connectivity index (χ3n) is 4.65. The molecule has 7 heteroatoms. The molecule has 2 amide bonds. The van der Waals surface area contributed by atoms with Crippen LogP contribution in [0.25, 0.3) is 0 Å². The average molecular weight is 367 g/mol. The first kappa shape index (κ1) is 18.8. The molecule has 142 valence electrons. The summed E-state index contributed by atoms with van der Waals surface area (Å²) >= 11 is 0. The van der Waals surface area contributed by atoms with Crippen LogP contribution in [-0.2, 0) is 4.79 Å². The molecule has 27 heavy (non-hydrogen) atoms. The molecule has 0 unspecified atom stereocenters. The lowest BCUT2D eigenvalue weighted by Crippen LogP contribution is -2.39. The molecular formula is C20H25N5O2. The summed E-state index contributed by atoms with van der Waals surface area (Å²) in [5.41, 5.74) is 1.30. The summed E-state index contributed by atoms with van der Waals surface area (Å²) in [6.45, 7) is 4.19. The van der Waals surface area contributed by atoms with Gasteiger partial charge < -0.3 is 15.5 Å². The molecule has 0 saturated carbocycles. The maximum absolute atomic E-state index is 12.5. The fourth-order valence-electron chi connectivity index (χ4n) is 3.09. The molecule has 7 nitrogen and oxygen atoms in total. The number of anilines is 2. The molecule has 0 bridgehead atoms. The summed E-state index contributed by atoms with van der Waals surface area (Å²) in [7, 11) is 0. The van der Waals surface area contributed by atoms with E-state index in [9.17, 15) is 9.59 Å². The molecule has 1 aromatic heterocycles. The van der Waals surface area contributed by atoms with Crippen LogP contribution in [-0.4, -0.2) is 41.4 Å². The van der Waals surface area contributed by atoms with E-state index in [4.69, 9.17) is 0 Å². The van der Waals surface area contributed by atoms with Crippen molar-refractivity contribution in [2.24, 2.45) is 5.92 Å². The van der Waals surface area contributed by atoms with E-state index in [2.05, 4.69) is 25.5 Å². The molecule has 2 aromatic rings. The Morgan fingerprint density at radius 2 is 1.78 bits per heavy atom. The number of benzene rings is 1. The van der Waals surface area contributed by atoms with E-state index in [1.807, 2.05) is 6.92 Å². The minimum atomic E-state index is -0.0924. The van der Waals surface area contributed by atoms with Gasteiger partial charge in [0.2, 0.25) is 11.9 Å². The smallest absolute Gasteiger partial charge is 0.251 e. The van der Waals surface area contributed by atoms with Crippen LogP contribution >= 0.6 is 0 Å². The number of nitrogens with one attached hydrogen (secondary N) is 2. The third-order valence-corrected chi connectivity index (χ3v) is 4.65. The monoisotopic (exact) mass is 367 g/mol. The maximum Gasteiger partial charge on any atom is 0.251 e. The Kier molecular flexibility index (Phi) is 6.35. The topological polar surface area (TPSA) is 87.2 Å². The first-order valence-electron chi connectivity index (χ1n) is 9.38. The highest BCUT2D eigenvalue weighted by Crippen LogP contribution is 2.22. The van der Waals surface area contributed by atoms with Crippen molar-refractivity contribution >= 4 is 23.5 Å². The maximum atomic E-state index is 12.5. The van der Waals surface area contributed by atoms with Gasteiger partial charge >= 0.3 is 0 Å². The zero-order valence-electron chi connectivity index (χ0n) is 15.5. The molecule has 1 aromatic carbocycles. The molecule has 2 N–H and O–H groups in total. The molecule has 0 radical (unpaired) electrons. The van der Waals surface area contributed by atoms with Crippen LogP contribution in [0, 0.1) is 5.92 Å². The van der Waals surface area contributed by atoms with Crippen LogP contribution < -0.4 is 15.5 Å². The number of amides is 2. The first-order valence-corrected chi connectivity index (χ1v) is 9.38. The second kappa shape index (κ2) is 9.12. The third kappa shape index (κ3) is 5.03. The van der Waals surface area contributed by atoms with Crippen LogP contribution in [0.15, 0.2) is 42.7 Å². The van der Waals surface area contributed by atoms with Gasteiger partial charge in [-0.15, -0.1) is 0 Å². The van der Waals surface area contributed by atoms with E-state index in [-0.39, 0.29) is 17.7 Å². The summed E-state index contributed by atoms with van der Waals surface area (Å²) in [5, 5.41) is 5.79. The zero-order valence-corrected chi connectivity index (χ0v) is 15.5. The number of aromatic nitrogens is 2. The molecular weight excluding hydrogens is 342 g/mol. The first-order chi connectivity index (χ1) is 13.2. The Bertz CT molecular complexity index is 756. The van der Waals surface area contributed by atoms with Gasteiger partial charge in [0.15, 0.2) is 0 Å². The van der Waals surface area contributed by atoms with Gasteiger partial charge in [-0.25, -0.2) is 9.97 Å². The summed E-state index contributed by atoms with van der Waals surface area (Å²) < 4.78 is 0. The van der Waals surface area contributed by atoms with Crippen molar-refractivity contribution in [2.45, 2.75) is 26.2 Å². The standard InChI is InChI=1S/C20H25N5O2/c1-2-10-21-18(26)15-4-6-17(7-5-15)24-19(27)16-8-13-25(14-9-16)20-22-11-3-12-23-20/h3-7,11-12,16H,2,8-10,13-14H2,1H3,(H,21,26)(H,24,27). The van der Waals surface area contributed by atoms with Gasteiger partial charge in [0, 0.05) is 49.2 Å². The Balaban J connectivity index is 1.50. The second-order valence-electron chi connectivity index (χ2n) is 6.63. The second-order valence-corrected chi connectivity index (χ2v) is 6.63. The lowest BCUT2D eigenvalue weighted by atomic mass is 9.96. The normalized spacial score (nSPS) is 14.6. The van der Waals surface area contributed by atoms with Crippen molar-refractivity contribution in [1.29, 1.82) is 0 Å². The lowest BCUT2D eigenvalue weighted by molar-refractivity contribution is -0.120. The summed E-state index contributed by atoms with van der Waals surface area (Å²) in [5.74, 6) is 0.614. The Morgan fingerprint density at radius 1 is 1.11 bits per heavy atom. The van der Waals surface area contributed by atoms with Gasteiger partial charge in [-0.1, -0.05) is 6.92 Å². The summed E-state index contributed by atoms with van der Waals surface area (Å²) in [6.07, 6.45) is 5.89. The molecule has 0 aliphatic carbocycles. The summed E-state index contributed by atoms with van der Waals surface area (Å²) in [6, 6.07) is 8.80. The van der Waals surface area contributed by atoms with E-state index in [1.54, 1.807) is 42.7 Å². The van der Waals surface area contributed by atoms with Gasteiger partial charge in [-0.2, -0.15) is 0 Å². The molecule has 1 saturated heterocycles. The molecule has 1 fully saturated rings. The number of carbonyl (C=O) groups is 2. The number of hydrogen-bond acceptors (Lipinski definition) is 5. The molecule has 3 rings (SSSR count). The van der Waals surface area contributed by atoms with Crippen molar-refractivity contribution in [2.75, 3.05) is 29.9 Å². The Morgan fingerprint density at radius 3 is 2.41 bits per heavy atom. The van der Waals surface area contributed by atoms with E-state index in [0.29, 0.717) is 23.7 Å². The fourth-order valence-corrected chi connectivity index (χ4v) is 3.09. The highest BCUT2D eigenvalue weighted by atomic mass is 16.2. The van der Waals surface area contributed by atoms with E-state index in [0.717, 1.165) is 32.4 Å². The number of rotatable bonds is 6. The lowest BCUT2D eigenvalue weighted by Gasteiger charge is -2.31. The van der Waals surface area contributed by atoms with E-state index in [1.165, 1.54) is 0 Å². The Labute approximate surface area is 159 Å². The van der Waals surface area contributed by atoms with Gasteiger partial charge in [0.25, 0.3) is 5.91 Å². The molecule has 0 spiro atoms.